The highest BCUT2D eigenvalue weighted by molar-refractivity contribution is 6.32. The summed E-state index contributed by atoms with van der Waals surface area (Å²) < 4.78 is 5.45. The number of halogens is 1. The first-order chi connectivity index (χ1) is 12.8. The number of nitrogens with zero attached hydrogens (tertiary/aromatic N) is 2. The summed E-state index contributed by atoms with van der Waals surface area (Å²) in [6.45, 7) is 0. The van der Waals surface area contributed by atoms with Crippen LogP contribution in [0, 0.1) is 20.2 Å². The van der Waals surface area contributed by atoms with Gasteiger partial charge in [-0.15, -0.1) is 0 Å². The number of anilines is 1. The zero-order valence-corrected chi connectivity index (χ0v) is 14.2. The molecule has 10 heteroatoms. The Morgan fingerprint density at radius 2 is 1.67 bits per heavy atom. The summed E-state index contributed by atoms with van der Waals surface area (Å²) in [5, 5.41) is 24.1. The maximum absolute atomic E-state index is 12.2. The normalized spacial score (nSPS) is 10.4. The molecule has 0 aliphatic heterocycles. The molecule has 0 fully saturated rings. The van der Waals surface area contributed by atoms with Crippen molar-refractivity contribution < 1.29 is 19.1 Å². The minimum Gasteiger partial charge on any atom is -0.451 e. The van der Waals surface area contributed by atoms with Gasteiger partial charge in [0.1, 0.15) is 10.8 Å². The van der Waals surface area contributed by atoms with E-state index < -0.39 is 15.8 Å². The van der Waals surface area contributed by atoms with Crippen LogP contribution in [-0.2, 0) is 0 Å². The van der Waals surface area contributed by atoms with Crippen molar-refractivity contribution in [3.63, 3.8) is 0 Å². The predicted molar refractivity (Wildman–Crippen MR) is 96.9 cm³/mol. The number of non-ortho nitro benzene ring substituents is 1. The standard InChI is InChI=1S/C17H10ClN3O6/c18-13-6-1-10(9-14(13)21(25)26)15-7-8-16(27-15)17(22)19-11-2-4-12(5-3-11)20(23)24/h1-9H,(H,19,22). The molecule has 27 heavy (non-hydrogen) atoms. The number of hydrogen-bond donors (Lipinski definition) is 1. The van der Waals surface area contributed by atoms with Crippen molar-refractivity contribution in [1.82, 2.24) is 0 Å². The van der Waals surface area contributed by atoms with E-state index >= 15 is 0 Å². The van der Waals surface area contributed by atoms with Gasteiger partial charge in [0, 0.05) is 29.4 Å². The van der Waals surface area contributed by atoms with E-state index in [0.717, 1.165) is 0 Å². The quantitative estimate of drug-likeness (QED) is 0.500. The zero-order valence-electron chi connectivity index (χ0n) is 13.4. The fourth-order valence-corrected chi connectivity index (χ4v) is 2.47. The summed E-state index contributed by atoms with van der Waals surface area (Å²) in [6, 6.07) is 12.4. The van der Waals surface area contributed by atoms with Gasteiger partial charge >= 0.3 is 0 Å². The average molecular weight is 388 g/mol. The molecule has 0 radical (unpaired) electrons. The summed E-state index contributed by atoms with van der Waals surface area (Å²) in [5.41, 5.74) is 0.367. The van der Waals surface area contributed by atoms with E-state index in [1.807, 2.05) is 0 Å². The molecule has 2 aromatic carbocycles. The molecule has 0 saturated heterocycles. The van der Waals surface area contributed by atoms with Crippen LogP contribution in [0.1, 0.15) is 10.6 Å². The smallest absolute Gasteiger partial charge is 0.291 e. The lowest BCUT2D eigenvalue weighted by Gasteiger charge is -2.03. The van der Waals surface area contributed by atoms with Gasteiger partial charge in [0.15, 0.2) is 5.76 Å². The Kier molecular flexibility index (Phi) is 4.86. The van der Waals surface area contributed by atoms with E-state index in [0.29, 0.717) is 11.3 Å². The Morgan fingerprint density at radius 1 is 0.963 bits per heavy atom. The molecule has 9 nitrogen and oxygen atoms in total. The average Bonchev–Trinajstić information content (AvgIpc) is 3.12. The molecule has 0 spiro atoms. The predicted octanol–water partition coefficient (Wildman–Crippen LogP) is 4.67. The van der Waals surface area contributed by atoms with Gasteiger partial charge in [-0.05, 0) is 36.4 Å². The summed E-state index contributed by atoms with van der Waals surface area (Å²) in [7, 11) is 0. The van der Waals surface area contributed by atoms with E-state index in [2.05, 4.69) is 5.32 Å². The Hall–Kier alpha value is -3.72. The lowest BCUT2D eigenvalue weighted by atomic mass is 10.1. The molecular formula is C17H10ClN3O6. The van der Waals surface area contributed by atoms with Crippen LogP contribution in [0.25, 0.3) is 11.3 Å². The molecule has 3 rings (SSSR count). The van der Waals surface area contributed by atoms with Crippen LogP contribution in [0.4, 0.5) is 17.1 Å². The third-order valence-corrected chi connectivity index (χ3v) is 3.91. The van der Waals surface area contributed by atoms with Crippen LogP contribution < -0.4 is 5.32 Å². The number of rotatable bonds is 5. The van der Waals surface area contributed by atoms with Gasteiger partial charge in [0.25, 0.3) is 17.3 Å². The zero-order chi connectivity index (χ0) is 19.6. The van der Waals surface area contributed by atoms with Crippen LogP contribution in [0.15, 0.2) is 59.0 Å². The van der Waals surface area contributed by atoms with Crippen molar-refractivity contribution in [2.75, 3.05) is 5.32 Å². The molecule has 0 aliphatic carbocycles. The summed E-state index contributed by atoms with van der Waals surface area (Å²) in [5.74, 6) is -0.344. The third-order valence-electron chi connectivity index (χ3n) is 3.59. The summed E-state index contributed by atoms with van der Waals surface area (Å²) >= 11 is 5.78. The SMILES string of the molecule is O=C(Nc1ccc([N+](=O)[O-])cc1)c1ccc(-c2ccc(Cl)c([N+](=O)[O-])c2)o1. The fourth-order valence-electron chi connectivity index (χ4n) is 2.28. The molecule has 0 saturated carbocycles. The lowest BCUT2D eigenvalue weighted by Crippen LogP contribution is -2.10. The van der Waals surface area contributed by atoms with Gasteiger partial charge in [-0.25, -0.2) is 0 Å². The number of nitro groups is 2. The topological polar surface area (TPSA) is 129 Å². The van der Waals surface area contributed by atoms with Crippen LogP contribution >= 0.6 is 11.6 Å². The van der Waals surface area contributed by atoms with Gasteiger partial charge in [-0.3, -0.25) is 25.0 Å². The molecule has 0 unspecified atom stereocenters. The summed E-state index contributed by atoms with van der Waals surface area (Å²) in [6.07, 6.45) is 0. The maximum atomic E-state index is 12.2. The van der Waals surface area contributed by atoms with Crippen molar-refractivity contribution in [2.45, 2.75) is 0 Å². The van der Waals surface area contributed by atoms with E-state index in [1.54, 1.807) is 0 Å². The number of carbonyl (C=O) groups is 1. The van der Waals surface area contributed by atoms with Crippen LogP contribution in [-0.4, -0.2) is 15.8 Å². The largest absolute Gasteiger partial charge is 0.451 e. The van der Waals surface area contributed by atoms with Gasteiger partial charge in [-0.2, -0.15) is 0 Å². The van der Waals surface area contributed by atoms with Gasteiger partial charge in [-0.1, -0.05) is 11.6 Å². The maximum Gasteiger partial charge on any atom is 0.291 e. The van der Waals surface area contributed by atoms with Gasteiger partial charge in [0.2, 0.25) is 0 Å². The number of carbonyl (C=O) groups excluding carboxylic acids is 1. The number of benzene rings is 2. The van der Waals surface area contributed by atoms with Crippen molar-refractivity contribution in [3.8, 4) is 11.3 Å². The Morgan fingerprint density at radius 3 is 2.30 bits per heavy atom. The number of nitro benzene ring substituents is 2. The number of amides is 1. The molecule has 1 heterocycles. The molecule has 0 aliphatic rings. The second-order valence-electron chi connectivity index (χ2n) is 5.35. The molecule has 1 aromatic heterocycles. The highest BCUT2D eigenvalue weighted by Gasteiger charge is 2.17. The highest BCUT2D eigenvalue weighted by Crippen LogP contribution is 2.31. The molecule has 3 aromatic rings. The van der Waals surface area contributed by atoms with E-state index in [1.165, 1.54) is 54.6 Å². The van der Waals surface area contributed by atoms with Crippen LogP contribution in [0.3, 0.4) is 0 Å². The molecule has 1 N–H and O–H groups in total. The molecule has 0 bridgehead atoms. The fraction of sp³-hybridized carbons (Fsp3) is 0. The number of hydrogen-bond acceptors (Lipinski definition) is 6. The molecule has 1 amide bonds. The lowest BCUT2D eigenvalue weighted by molar-refractivity contribution is -0.384. The van der Waals surface area contributed by atoms with Crippen molar-refractivity contribution in [1.29, 1.82) is 0 Å². The van der Waals surface area contributed by atoms with Crippen molar-refractivity contribution in [2.24, 2.45) is 0 Å². The number of nitrogens with one attached hydrogen (secondary N) is 1. The van der Waals surface area contributed by atoms with E-state index in [4.69, 9.17) is 16.0 Å². The van der Waals surface area contributed by atoms with E-state index in [-0.39, 0.29) is 27.9 Å². The first kappa shape index (κ1) is 18.1. The van der Waals surface area contributed by atoms with Crippen molar-refractivity contribution >= 4 is 34.6 Å². The molecular weight excluding hydrogens is 378 g/mol. The molecule has 0 atom stereocenters. The van der Waals surface area contributed by atoms with E-state index in [9.17, 15) is 25.0 Å². The Balaban J connectivity index is 1.79. The second kappa shape index (κ2) is 7.26. The van der Waals surface area contributed by atoms with Crippen LogP contribution in [0.5, 0.6) is 0 Å². The van der Waals surface area contributed by atoms with Crippen molar-refractivity contribution in [3.05, 3.63) is 85.6 Å². The summed E-state index contributed by atoms with van der Waals surface area (Å²) in [4.78, 5) is 32.7. The number of furan rings is 1. The minimum absolute atomic E-state index is 0.00792. The highest BCUT2D eigenvalue weighted by atomic mass is 35.5. The Labute approximate surface area is 156 Å². The molecule has 136 valence electrons. The first-order valence-corrected chi connectivity index (χ1v) is 7.83. The van der Waals surface area contributed by atoms with Gasteiger partial charge in [0.05, 0.1) is 9.85 Å². The van der Waals surface area contributed by atoms with Crippen LogP contribution in [0.2, 0.25) is 5.02 Å². The first-order valence-electron chi connectivity index (χ1n) is 7.45. The third kappa shape index (κ3) is 3.93. The minimum atomic E-state index is -0.614. The second-order valence-corrected chi connectivity index (χ2v) is 5.75. The van der Waals surface area contributed by atoms with Gasteiger partial charge < -0.3 is 9.73 Å². The Bertz CT molecular complexity index is 1050. The monoisotopic (exact) mass is 387 g/mol.